The first kappa shape index (κ1) is 30.8. The number of ether oxygens (including phenoxy) is 3. The number of amides is 3. The third-order valence-electron chi connectivity index (χ3n) is 6.89. The average molecular weight is 598 g/mol. The van der Waals surface area contributed by atoms with Gasteiger partial charge in [0.05, 0.1) is 17.1 Å². The molecule has 12 nitrogen and oxygen atoms in total. The summed E-state index contributed by atoms with van der Waals surface area (Å²) < 4.78 is 17.1. The van der Waals surface area contributed by atoms with E-state index in [1.54, 1.807) is 44.2 Å². The van der Waals surface area contributed by atoms with Crippen LogP contribution in [0.5, 0.6) is 17.5 Å². The van der Waals surface area contributed by atoms with Crippen molar-refractivity contribution in [3.05, 3.63) is 46.6 Å². The number of piperidine rings is 1. The molecule has 13 heteroatoms. The van der Waals surface area contributed by atoms with Gasteiger partial charge in [0, 0.05) is 25.4 Å². The lowest BCUT2D eigenvalue weighted by Gasteiger charge is -2.47. The summed E-state index contributed by atoms with van der Waals surface area (Å²) >= 11 is 0.744. The van der Waals surface area contributed by atoms with Crippen LogP contribution in [0.25, 0.3) is 6.08 Å². The molecule has 4 rings (SSSR count). The first-order valence-electron chi connectivity index (χ1n) is 13.5. The highest BCUT2D eigenvalue weighted by atomic mass is 32.2. The molecule has 3 amide bonds. The average Bonchev–Trinajstić information content (AvgIpc) is 3.18. The molecule has 0 spiro atoms. The second-order valence-corrected chi connectivity index (χ2v) is 12.0. The Balaban J connectivity index is 1.46. The first-order valence-corrected chi connectivity index (χ1v) is 14.3. The van der Waals surface area contributed by atoms with Crippen molar-refractivity contribution in [2.24, 2.45) is 5.41 Å². The van der Waals surface area contributed by atoms with Gasteiger partial charge in [0.1, 0.15) is 30.8 Å². The third-order valence-corrected chi connectivity index (χ3v) is 7.80. The molecule has 2 atom stereocenters. The fraction of sp³-hybridized carbons (Fsp3) is 0.448. The molecule has 0 radical (unpaired) electrons. The number of aromatic nitrogens is 2. The third kappa shape index (κ3) is 7.19. The molecule has 1 aromatic carbocycles. The Hall–Kier alpha value is -4.13. The minimum Gasteiger partial charge on any atom is -0.530 e. The Morgan fingerprint density at radius 1 is 1.19 bits per heavy atom. The van der Waals surface area contributed by atoms with Gasteiger partial charge in [-0.1, -0.05) is 32.9 Å². The Morgan fingerprint density at radius 2 is 1.93 bits per heavy atom. The van der Waals surface area contributed by atoms with Gasteiger partial charge >= 0.3 is 5.97 Å². The van der Waals surface area contributed by atoms with Crippen molar-refractivity contribution in [3.8, 4) is 17.5 Å². The second-order valence-electron chi connectivity index (χ2n) is 11.0. The zero-order valence-electron chi connectivity index (χ0n) is 24.1. The summed E-state index contributed by atoms with van der Waals surface area (Å²) in [6.07, 6.45) is 2.43. The van der Waals surface area contributed by atoms with Crippen LogP contribution in [0.3, 0.4) is 0 Å². The fourth-order valence-corrected chi connectivity index (χ4v) is 5.62. The van der Waals surface area contributed by atoms with Crippen molar-refractivity contribution in [1.82, 2.24) is 19.8 Å². The van der Waals surface area contributed by atoms with Crippen LogP contribution in [0.2, 0.25) is 0 Å². The van der Waals surface area contributed by atoms with E-state index in [1.807, 2.05) is 20.8 Å². The number of benzene rings is 1. The highest BCUT2D eigenvalue weighted by Gasteiger charge is 2.38. The van der Waals surface area contributed by atoms with Gasteiger partial charge < -0.3 is 29.0 Å². The van der Waals surface area contributed by atoms with E-state index < -0.39 is 29.8 Å². The number of carbonyl (C=O) groups is 4. The van der Waals surface area contributed by atoms with Crippen LogP contribution in [-0.2, 0) is 14.3 Å². The maximum atomic E-state index is 12.7. The monoisotopic (exact) mass is 597 g/mol. The van der Waals surface area contributed by atoms with Gasteiger partial charge in [-0.2, -0.15) is 0 Å². The van der Waals surface area contributed by atoms with Crippen LogP contribution in [0, 0.1) is 12.3 Å². The number of carboxylic acid groups (broad SMARTS) is 1. The maximum Gasteiger partial charge on any atom is 0.326 e. The quantitative estimate of drug-likeness (QED) is 0.323. The van der Waals surface area contributed by atoms with E-state index in [0.29, 0.717) is 42.1 Å². The number of likely N-dealkylation sites (tertiary alicyclic amines) is 1. The Morgan fingerprint density at radius 3 is 2.62 bits per heavy atom. The molecule has 224 valence electrons. The lowest BCUT2D eigenvalue weighted by Crippen LogP contribution is -2.57. The van der Waals surface area contributed by atoms with Crippen LogP contribution in [0.15, 0.2) is 35.5 Å². The molecule has 2 aromatic rings. The minimum absolute atomic E-state index is 0.152. The first-order chi connectivity index (χ1) is 19.9. The number of nitrogens with zero attached hydrogens (tertiary/aromatic N) is 4. The van der Waals surface area contributed by atoms with Crippen LogP contribution in [0.4, 0.5) is 9.59 Å². The fourth-order valence-electron chi connectivity index (χ4n) is 4.78. The van der Waals surface area contributed by atoms with Crippen LogP contribution >= 0.6 is 11.8 Å². The van der Waals surface area contributed by atoms with E-state index in [9.17, 15) is 24.3 Å². The van der Waals surface area contributed by atoms with E-state index in [1.165, 1.54) is 11.2 Å². The summed E-state index contributed by atoms with van der Waals surface area (Å²) in [5.41, 5.74) is 0.869. The highest BCUT2D eigenvalue weighted by molar-refractivity contribution is 8.18. The van der Waals surface area contributed by atoms with Gasteiger partial charge in [-0.3, -0.25) is 19.3 Å². The number of rotatable bonds is 8. The number of carbonyl (C=O) groups excluding carboxylic acids is 4. The molecule has 0 bridgehead atoms. The van der Waals surface area contributed by atoms with Gasteiger partial charge in [-0.25, -0.2) is 9.97 Å². The standard InChI is InChI=1S/C29H34N4O8S/c1-6-39-23(34)15-33-26(35)21(42-28(33)38)13-18-8-7-9-19(12-18)40-24-17(2)25(31-16-30-24)41-20-10-11-32(27(36)37)22(14-20)29(3,4)5/h7-9,12-13,16,20,22H,6,10-11,14-15H2,1-5H3,(H,36,37)/p-1/b21-13-. The van der Waals surface area contributed by atoms with Crippen LogP contribution in [-0.4, -0.2) is 74.8 Å². The molecule has 0 N–H and O–H groups in total. The van der Waals surface area contributed by atoms with E-state index in [0.717, 1.165) is 16.7 Å². The largest absolute Gasteiger partial charge is 0.530 e. The van der Waals surface area contributed by atoms with E-state index in [4.69, 9.17) is 14.2 Å². The SMILES string of the molecule is CCOC(=O)CN1C(=O)S/C(=C\c2cccc(Oc3ncnc(OC4CCN(C(=O)[O-])C(C(C)(C)C)C4)c3C)c2)C1=O. The molecule has 42 heavy (non-hydrogen) atoms. The molecule has 3 heterocycles. The predicted octanol–water partition coefficient (Wildman–Crippen LogP) is 3.78. The van der Waals surface area contributed by atoms with Crippen LogP contribution in [0.1, 0.15) is 51.7 Å². The maximum absolute atomic E-state index is 12.7. The molecule has 2 aliphatic rings. The molecule has 2 aliphatic heterocycles. The summed E-state index contributed by atoms with van der Waals surface area (Å²) in [4.78, 5) is 59.4. The summed E-state index contributed by atoms with van der Waals surface area (Å²) in [6.45, 7) is 9.39. The lowest BCUT2D eigenvalue weighted by molar-refractivity contribution is -0.272. The second kappa shape index (κ2) is 12.8. The lowest BCUT2D eigenvalue weighted by atomic mass is 9.80. The molecule has 0 saturated carbocycles. The number of thioether (sulfide) groups is 1. The topological polar surface area (TPSA) is 151 Å². The van der Waals surface area contributed by atoms with Gasteiger partial charge in [-0.05, 0) is 54.8 Å². The molecule has 2 saturated heterocycles. The van der Waals surface area contributed by atoms with Gasteiger partial charge in [0.25, 0.3) is 11.1 Å². The van der Waals surface area contributed by atoms with Crippen LogP contribution < -0.4 is 14.6 Å². The molecule has 2 fully saturated rings. The Bertz CT molecular complexity index is 1410. The van der Waals surface area contributed by atoms with Crippen molar-refractivity contribution < 1.29 is 38.5 Å². The normalized spacial score (nSPS) is 20.2. The number of hydrogen-bond acceptors (Lipinski definition) is 11. The molecule has 2 unspecified atom stereocenters. The number of imide groups is 1. The van der Waals surface area contributed by atoms with Gasteiger partial charge in [0.15, 0.2) is 0 Å². The molecular weight excluding hydrogens is 564 g/mol. The zero-order valence-corrected chi connectivity index (χ0v) is 24.9. The van der Waals surface area contributed by atoms with E-state index in [-0.39, 0.29) is 35.0 Å². The van der Waals surface area contributed by atoms with Crippen molar-refractivity contribution in [2.75, 3.05) is 19.7 Å². The Labute approximate surface area is 248 Å². The summed E-state index contributed by atoms with van der Waals surface area (Å²) in [6, 6.07) is 6.61. The minimum atomic E-state index is -1.18. The van der Waals surface area contributed by atoms with Crippen molar-refractivity contribution in [3.63, 3.8) is 0 Å². The number of esters is 1. The summed E-state index contributed by atoms with van der Waals surface area (Å²) in [5.74, 6) is -0.191. The zero-order chi connectivity index (χ0) is 30.6. The van der Waals surface area contributed by atoms with E-state index in [2.05, 4.69) is 9.97 Å². The van der Waals surface area contributed by atoms with Crippen molar-refractivity contribution in [1.29, 1.82) is 0 Å². The van der Waals surface area contributed by atoms with Gasteiger partial charge in [0.2, 0.25) is 11.8 Å². The summed E-state index contributed by atoms with van der Waals surface area (Å²) in [5, 5.41) is 11.1. The predicted molar refractivity (Wildman–Crippen MR) is 152 cm³/mol. The molecular formula is C29H33N4O8S-. The Kier molecular flexibility index (Phi) is 9.40. The summed E-state index contributed by atoms with van der Waals surface area (Å²) in [7, 11) is 0. The molecule has 0 aliphatic carbocycles. The van der Waals surface area contributed by atoms with Crippen molar-refractivity contribution >= 4 is 41.0 Å². The van der Waals surface area contributed by atoms with Gasteiger partial charge in [-0.15, -0.1) is 0 Å². The highest BCUT2D eigenvalue weighted by Crippen LogP contribution is 2.36. The molecule has 1 aromatic heterocycles. The smallest absolute Gasteiger partial charge is 0.326 e. The van der Waals surface area contributed by atoms with E-state index >= 15 is 0 Å². The van der Waals surface area contributed by atoms with Crippen molar-refractivity contribution in [2.45, 2.75) is 59.6 Å². The number of hydrogen-bond donors (Lipinski definition) is 0.